The third-order valence-electron chi connectivity index (χ3n) is 9.80. The van der Waals surface area contributed by atoms with E-state index in [-0.39, 0.29) is 34.6 Å². The molecule has 6 rings (SSSR count). The fourth-order valence-corrected chi connectivity index (χ4v) is 7.86. The first-order valence-electron chi connectivity index (χ1n) is 14.2. The van der Waals surface area contributed by atoms with E-state index in [9.17, 15) is 14.7 Å². The summed E-state index contributed by atoms with van der Waals surface area (Å²) in [7, 11) is 4.01. The summed E-state index contributed by atoms with van der Waals surface area (Å²) in [4.78, 5) is 28.0. The number of nitrogens with zero attached hydrogens (tertiary/aromatic N) is 1. The van der Waals surface area contributed by atoms with Crippen LogP contribution in [0.3, 0.4) is 0 Å². The Hall–Kier alpha value is -3.62. The van der Waals surface area contributed by atoms with Crippen molar-refractivity contribution < 1.29 is 19.4 Å². The van der Waals surface area contributed by atoms with Gasteiger partial charge in [-0.3, -0.25) is 9.59 Å². The zero-order valence-corrected chi connectivity index (χ0v) is 23.3. The van der Waals surface area contributed by atoms with Crippen LogP contribution in [0.2, 0.25) is 0 Å². The molecule has 40 heavy (non-hydrogen) atoms. The molecular formula is C32H38N4O4. The molecule has 2 aromatic carbocycles. The van der Waals surface area contributed by atoms with Crippen LogP contribution in [0.25, 0.3) is 5.57 Å². The number of carbonyl (C=O) groups is 2. The maximum absolute atomic E-state index is 13.3. The first-order valence-corrected chi connectivity index (χ1v) is 14.2. The van der Waals surface area contributed by atoms with E-state index in [0.29, 0.717) is 29.9 Å². The summed E-state index contributed by atoms with van der Waals surface area (Å²) in [5, 5.41) is 20.3. The number of nitrogens with one attached hydrogen (secondary N) is 3. The number of fused-ring (bicyclic) bond motifs is 1. The van der Waals surface area contributed by atoms with E-state index >= 15 is 0 Å². The Morgan fingerprint density at radius 1 is 1.18 bits per heavy atom. The number of amides is 2. The smallest absolute Gasteiger partial charge is 0.258 e. The van der Waals surface area contributed by atoms with Crippen molar-refractivity contribution in [3.63, 3.8) is 0 Å². The van der Waals surface area contributed by atoms with Crippen molar-refractivity contribution in [3.05, 3.63) is 82.8 Å². The predicted octanol–water partition coefficient (Wildman–Crippen LogP) is 3.35. The molecule has 0 spiro atoms. The van der Waals surface area contributed by atoms with E-state index in [1.807, 2.05) is 37.4 Å². The molecule has 2 bridgehead atoms. The second-order valence-electron chi connectivity index (χ2n) is 11.7. The van der Waals surface area contributed by atoms with Gasteiger partial charge in [0.2, 0.25) is 0 Å². The molecule has 2 heterocycles. The van der Waals surface area contributed by atoms with Crippen molar-refractivity contribution in [2.75, 3.05) is 27.2 Å². The van der Waals surface area contributed by atoms with Crippen LogP contribution < -0.4 is 16.0 Å². The van der Waals surface area contributed by atoms with Crippen LogP contribution in [0.1, 0.15) is 64.7 Å². The third kappa shape index (κ3) is 4.04. The van der Waals surface area contributed by atoms with E-state index in [2.05, 4.69) is 34.5 Å². The molecule has 2 fully saturated rings. The minimum atomic E-state index is -0.345. The molecule has 2 amide bonds. The van der Waals surface area contributed by atoms with Gasteiger partial charge in [0, 0.05) is 36.9 Å². The van der Waals surface area contributed by atoms with Crippen molar-refractivity contribution >= 4 is 17.4 Å². The number of phenols is 1. The average Bonchev–Trinajstić information content (AvgIpc) is 2.95. The van der Waals surface area contributed by atoms with Gasteiger partial charge in [-0.15, -0.1) is 0 Å². The minimum absolute atomic E-state index is 0.126. The SMILES string of the molecule is C=C1NC=C(c2ccc(CCNC(=O)c3ccc4c(c3O)[C@@]35CCCC[C@@]3(OC)[C@@H](C4)N(C)CC5)cc2)C(=O)N1. The molecule has 2 aromatic rings. The lowest BCUT2D eigenvalue weighted by molar-refractivity contribution is -0.180. The molecule has 1 saturated carbocycles. The van der Waals surface area contributed by atoms with E-state index in [0.717, 1.165) is 67.3 Å². The lowest BCUT2D eigenvalue weighted by atomic mass is 9.49. The topological polar surface area (TPSA) is 103 Å². The number of benzene rings is 2. The van der Waals surface area contributed by atoms with Gasteiger partial charge in [-0.25, -0.2) is 0 Å². The summed E-state index contributed by atoms with van der Waals surface area (Å²) >= 11 is 0. The van der Waals surface area contributed by atoms with E-state index in [4.69, 9.17) is 4.74 Å². The third-order valence-corrected chi connectivity index (χ3v) is 9.80. The highest BCUT2D eigenvalue weighted by atomic mass is 16.5. The van der Waals surface area contributed by atoms with E-state index in [1.54, 1.807) is 12.3 Å². The largest absolute Gasteiger partial charge is 0.507 e. The molecular weight excluding hydrogens is 504 g/mol. The lowest BCUT2D eigenvalue weighted by Gasteiger charge is -2.65. The van der Waals surface area contributed by atoms with E-state index in [1.165, 1.54) is 0 Å². The van der Waals surface area contributed by atoms with Gasteiger partial charge < -0.3 is 30.7 Å². The van der Waals surface area contributed by atoms with Crippen molar-refractivity contribution in [2.45, 2.75) is 62.0 Å². The maximum Gasteiger partial charge on any atom is 0.258 e. The van der Waals surface area contributed by atoms with E-state index < -0.39 is 0 Å². The fourth-order valence-electron chi connectivity index (χ4n) is 7.86. The maximum atomic E-state index is 13.3. The van der Waals surface area contributed by atoms with Crippen molar-refractivity contribution in [1.82, 2.24) is 20.9 Å². The summed E-state index contributed by atoms with van der Waals surface area (Å²) in [6.07, 6.45) is 8.17. The number of aromatic hydroxyl groups is 1. The van der Waals surface area contributed by atoms with Crippen LogP contribution >= 0.6 is 0 Å². The Kier molecular flexibility index (Phi) is 6.71. The van der Waals surface area contributed by atoms with Crippen LogP contribution in [0.4, 0.5) is 0 Å². The number of hydrogen-bond acceptors (Lipinski definition) is 6. The number of likely N-dealkylation sites (N-methyl/N-ethyl adjacent to an activating group) is 1. The second kappa shape index (κ2) is 10.1. The summed E-state index contributed by atoms with van der Waals surface area (Å²) in [6, 6.07) is 11.8. The molecule has 0 aromatic heterocycles. The number of carbonyl (C=O) groups excluding carboxylic acids is 2. The standard InChI is InChI=1S/C32H38N4O4/c1-20-34-19-25(30(39)35-20)22-8-6-21(7-9-22)12-16-33-29(38)24-11-10-23-18-26-32(40-3)14-5-4-13-31(32,15-17-36(26)2)27(23)28(24)37/h6-11,19,26,34,37H,1,4-5,12-18H2,2-3H3,(H,33,38)(H,35,39)/t26-,31+,32-/m1/s1. The fraction of sp³-hybridized carbons (Fsp3) is 0.438. The summed E-state index contributed by atoms with van der Waals surface area (Å²) in [5.74, 6) is 0.122. The second-order valence-corrected chi connectivity index (χ2v) is 11.7. The van der Waals surface area contributed by atoms with Gasteiger partial charge in [0.15, 0.2) is 0 Å². The molecule has 1 saturated heterocycles. The molecule has 8 heteroatoms. The molecule has 3 atom stereocenters. The molecule has 2 aliphatic heterocycles. The van der Waals surface area contributed by atoms with Crippen LogP contribution in [0.5, 0.6) is 5.75 Å². The quantitative estimate of drug-likeness (QED) is 0.447. The Bertz CT molecular complexity index is 1400. The van der Waals surface area contributed by atoms with Crippen LogP contribution in [0.15, 0.2) is 55.0 Å². The van der Waals surface area contributed by atoms with Gasteiger partial charge in [-0.1, -0.05) is 49.8 Å². The first kappa shape index (κ1) is 26.6. The lowest BCUT2D eigenvalue weighted by Crippen LogP contribution is -2.72. The molecule has 4 aliphatic rings. The summed E-state index contributed by atoms with van der Waals surface area (Å²) in [5.41, 5.74) is 4.18. The number of methoxy groups -OCH3 is 1. The number of rotatable bonds is 6. The zero-order chi connectivity index (χ0) is 28.1. The van der Waals surface area contributed by atoms with Gasteiger partial charge >= 0.3 is 0 Å². The minimum Gasteiger partial charge on any atom is -0.507 e. The highest BCUT2D eigenvalue weighted by molar-refractivity contribution is 6.20. The highest BCUT2D eigenvalue weighted by Crippen LogP contribution is 2.61. The highest BCUT2D eigenvalue weighted by Gasteiger charge is 2.64. The van der Waals surface area contributed by atoms with Gasteiger partial charge in [0.25, 0.3) is 11.8 Å². The molecule has 8 nitrogen and oxygen atoms in total. The Balaban J connectivity index is 1.18. The number of phenolic OH excluding ortho intramolecular Hbond substituents is 1. The predicted molar refractivity (Wildman–Crippen MR) is 154 cm³/mol. The van der Waals surface area contributed by atoms with Crippen LogP contribution in [-0.2, 0) is 27.8 Å². The zero-order valence-electron chi connectivity index (χ0n) is 23.3. The monoisotopic (exact) mass is 542 g/mol. The van der Waals surface area contributed by atoms with Gasteiger partial charge in [-0.05, 0) is 68.5 Å². The van der Waals surface area contributed by atoms with Crippen LogP contribution in [0, 0.1) is 0 Å². The molecule has 2 aliphatic carbocycles. The van der Waals surface area contributed by atoms with Crippen molar-refractivity contribution in [3.8, 4) is 5.75 Å². The Labute approximate surface area is 235 Å². The number of piperidine rings is 1. The molecule has 0 unspecified atom stereocenters. The Morgan fingerprint density at radius 3 is 2.70 bits per heavy atom. The summed E-state index contributed by atoms with van der Waals surface area (Å²) in [6.45, 7) is 5.08. The van der Waals surface area contributed by atoms with Gasteiger partial charge in [0.1, 0.15) is 11.6 Å². The van der Waals surface area contributed by atoms with Crippen LogP contribution in [-0.4, -0.2) is 60.7 Å². The van der Waals surface area contributed by atoms with Crippen molar-refractivity contribution in [2.24, 2.45) is 0 Å². The number of hydrogen-bond donors (Lipinski definition) is 4. The summed E-state index contributed by atoms with van der Waals surface area (Å²) < 4.78 is 6.41. The van der Waals surface area contributed by atoms with Gasteiger partial charge in [0.05, 0.1) is 16.7 Å². The molecule has 4 N–H and O–H groups in total. The number of ether oxygens (including phenoxy) is 1. The normalized spacial score (nSPS) is 27.6. The number of likely N-dealkylation sites (tertiary alicyclic amines) is 1. The molecule has 0 radical (unpaired) electrons. The van der Waals surface area contributed by atoms with Gasteiger partial charge in [-0.2, -0.15) is 0 Å². The van der Waals surface area contributed by atoms with Crippen molar-refractivity contribution in [1.29, 1.82) is 0 Å². The Morgan fingerprint density at radius 2 is 1.95 bits per heavy atom. The average molecular weight is 543 g/mol. The first-order chi connectivity index (χ1) is 19.3. The molecule has 210 valence electrons.